The smallest absolute Gasteiger partial charge is 0.161 e. The van der Waals surface area contributed by atoms with E-state index in [-0.39, 0.29) is 29.6 Å². The van der Waals surface area contributed by atoms with Crippen LogP contribution in [0.25, 0.3) is 11.1 Å². The van der Waals surface area contributed by atoms with Gasteiger partial charge in [-0.25, -0.2) is 0 Å². The largest absolute Gasteiger partial charge is 0.508 e. The molecule has 4 aromatic carbocycles. The summed E-state index contributed by atoms with van der Waals surface area (Å²) in [6.45, 7) is 2.43. The number of carbonyl (C=O) groups is 1. The van der Waals surface area contributed by atoms with Crippen molar-refractivity contribution in [2.75, 3.05) is 6.61 Å². The Bertz CT molecular complexity index is 1580. The van der Waals surface area contributed by atoms with E-state index in [0.717, 1.165) is 58.2 Å². The zero-order valence-corrected chi connectivity index (χ0v) is 25.9. The Morgan fingerprint density at radius 1 is 0.844 bits per heavy atom. The number of aromatic hydroxyl groups is 3. The number of hydrogen-bond acceptors (Lipinski definition) is 7. The van der Waals surface area contributed by atoms with Gasteiger partial charge in [0.15, 0.2) is 17.3 Å². The van der Waals surface area contributed by atoms with Crippen molar-refractivity contribution in [2.45, 2.75) is 64.5 Å². The van der Waals surface area contributed by atoms with Crippen LogP contribution >= 0.6 is 0 Å². The second-order valence-electron chi connectivity index (χ2n) is 11.4. The number of nitrogens with two attached hydrogens (primary N) is 2. The molecule has 0 aliphatic heterocycles. The SMILES string of the molecule is CCCCCC=CC(=O)CCc1ccc(O)c(OCCc2ccc(O)c(Cc3ccc(C(N)N)cc3)c2-c2ccc(O)cc2)c1. The fraction of sp³-hybridized carbons (Fsp3) is 0.289. The molecule has 0 aromatic heterocycles. The topological polar surface area (TPSA) is 139 Å². The van der Waals surface area contributed by atoms with E-state index in [1.807, 2.05) is 54.6 Å². The van der Waals surface area contributed by atoms with Crippen molar-refractivity contribution in [3.8, 4) is 34.1 Å². The molecular weight excluding hydrogens is 564 g/mol. The molecule has 7 nitrogen and oxygen atoms in total. The van der Waals surface area contributed by atoms with Gasteiger partial charge < -0.3 is 31.5 Å². The molecular formula is C38H44N2O5. The number of benzene rings is 4. The van der Waals surface area contributed by atoms with Crippen molar-refractivity contribution in [3.63, 3.8) is 0 Å². The second-order valence-corrected chi connectivity index (χ2v) is 11.4. The first-order chi connectivity index (χ1) is 21.7. The van der Waals surface area contributed by atoms with Crippen molar-refractivity contribution < 1.29 is 24.9 Å². The first-order valence-electron chi connectivity index (χ1n) is 15.6. The summed E-state index contributed by atoms with van der Waals surface area (Å²) in [5, 5.41) is 31.4. The summed E-state index contributed by atoms with van der Waals surface area (Å²) in [6, 6.07) is 23.3. The molecule has 0 saturated heterocycles. The lowest BCUT2D eigenvalue weighted by molar-refractivity contribution is -0.114. The van der Waals surface area contributed by atoms with Crippen LogP contribution < -0.4 is 16.2 Å². The minimum atomic E-state index is -0.562. The van der Waals surface area contributed by atoms with Crippen LogP contribution in [0.15, 0.2) is 91.0 Å². The quantitative estimate of drug-likeness (QED) is 0.0513. The van der Waals surface area contributed by atoms with E-state index in [9.17, 15) is 20.1 Å². The van der Waals surface area contributed by atoms with Gasteiger partial charge in [-0.2, -0.15) is 0 Å². The van der Waals surface area contributed by atoms with Gasteiger partial charge in [-0.3, -0.25) is 4.79 Å². The summed E-state index contributed by atoms with van der Waals surface area (Å²) in [4.78, 5) is 12.3. The van der Waals surface area contributed by atoms with Gasteiger partial charge in [0.2, 0.25) is 0 Å². The number of carbonyl (C=O) groups excluding carboxylic acids is 1. The highest BCUT2D eigenvalue weighted by Gasteiger charge is 2.17. The molecule has 0 aliphatic carbocycles. The molecule has 4 rings (SSSR count). The van der Waals surface area contributed by atoms with Gasteiger partial charge in [0.25, 0.3) is 0 Å². The Morgan fingerprint density at radius 3 is 2.27 bits per heavy atom. The minimum Gasteiger partial charge on any atom is -0.508 e. The number of phenolic OH excluding ortho intramolecular Hbond substituents is 3. The predicted octanol–water partition coefficient (Wildman–Crippen LogP) is 7.24. The molecule has 0 unspecified atom stereocenters. The van der Waals surface area contributed by atoms with E-state index < -0.39 is 6.17 Å². The predicted molar refractivity (Wildman–Crippen MR) is 179 cm³/mol. The molecule has 0 fully saturated rings. The van der Waals surface area contributed by atoms with E-state index in [2.05, 4.69) is 6.92 Å². The monoisotopic (exact) mass is 608 g/mol. The van der Waals surface area contributed by atoms with Gasteiger partial charge in [0.1, 0.15) is 11.5 Å². The van der Waals surface area contributed by atoms with Crippen LogP contribution in [-0.2, 0) is 24.1 Å². The fourth-order valence-electron chi connectivity index (χ4n) is 5.30. The van der Waals surface area contributed by atoms with Gasteiger partial charge in [0.05, 0.1) is 12.8 Å². The Kier molecular flexibility index (Phi) is 12.2. The molecule has 0 amide bonds. The van der Waals surface area contributed by atoms with E-state index >= 15 is 0 Å². The number of ether oxygens (including phenoxy) is 1. The lowest BCUT2D eigenvalue weighted by Crippen LogP contribution is -2.19. The summed E-state index contributed by atoms with van der Waals surface area (Å²) in [5.41, 5.74) is 17.7. The van der Waals surface area contributed by atoms with Gasteiger partial charge in [-0.15, -0.1) is 0 Å². The van der Waals surface area contributed by atoms with E-state index in [0.29, 0.717) is 31.4 Å². The van der Waals surface area contributed by atoms with Gasteiger partial charge in [-0.05, 0) is 89.1 Å². The summed E-state index contributed by atoms with van der Waals surface area (Å²) >= 11 is 0. The summed E-state index contributed by atoms with van der Waals surface area (Å²) in [6.07, 6.45) is 9.32. The maximum Gasteiger partial charge on any atom is 0.161 e. The lowest BCUT2D eigenvalue weighted by atomic mass is 9.89. The highest BCUT2D eigenvalue weighted by Crippen LogP contribution is 2.37. The Hall–Kier alpha value is -4.59. The number of phenols is 3. The van der Waals surface area contributed by atoms with Crippen LogP contribution in [0.2, 0.25) is 0 Å². The van der Waals surface area contributed by atoms with Crippen LogP contribution in [-0.4, -0.2) is 27.7 Å². The number of rotatable bonds is 16. The summed E-state index contributed by atoms with van der Waals surface area (Å²) in [5.74, 6) is 0.799. The summed E-state index contributed by atoms with van der Waals surface area (Å²) in [7, 11) is 0. The van der Waals surface area contributed by atoms with Crippen LogP contribution in [0, 0.1) is 0 Å². The molecule has 236 valence electrons. The highest BCUT2D eigenvalue weighted by atomic mass is 16.5. The third-order valence-electron chi connectivity index (χ3n) is 7.87. The molecule has 0 spiro atoms. The van der Waals surface area contributed by atoms with Crippen LogP contribution in [0.4, 0.5) is 0 Å². The molecule has 7 heteroatoms. The van der Waals surface area contributed by atoms with E-state index in [1.165, 1.54) is 6.42 Å². The molecule has 0 bridgehead atoms. The van der Waals surface area contributed by atoms with Crippen molar-refractivity contribution >= 4 is 5.78 Å². The third kappa shape index (κ3) is 9.70. The van der Waals surface area contributed by atoms with E-state index in [4.69, 9.17) is 16.2 Å². The average molecular weight is 609 g/mol. The fourth-order valence-corrected chi connectivity index (χ4v) is 5.30. The standard InChI is InChI=1S/C38H44N2O5/c1-2-3-4-5-6-7-31(41)17-10-27-11-20-35(44)36(25-27)45-23-22-29-16-21-34(43)33(37(29)28-14-18-32(42)19-15-28)24-26-8-12-30(13-9-26)38(39)40/h6-9,11-16,18-21,25,38,42-44H,2-5,10,17,22-24,39-40H2,1H3. The first-order valence-corrected chi connectivity index (χ1v) is 15.6. The van der Waals surface area contributed by atoms with Gasteiger partial charge in [-0.1, -0.05) is 74.4 Å². The van der Waals surface area contributed by atoms with Crippen molar-refractivity contribution in [2.24, 2.45) is 11.5 Å². The Morgan fingerprint density at radius 2 is 1.56 bits per heavy atom. The normalized spacial score (nSPS) is 11.4. The van der Waals surface area contributed by atoms with Crippen LogP contribution in [0.5, 0.6) is 23.0 Å². The highest BCUT2D eigenvalue weighted by molar-refractivity contribution is 5.89. The van der Waals surface area contributed by atoms with Crippen LogP contribution in [0.1, 0.15) is 73.0 Å². The molecule has 45 heavy (non-hydrogen) atoms. The average Bonchev–Trinajstić information content (AvgIpc) is 3.03. The number of aryl methyl sites for hydroxylation is 1. The van der Waals surface area contributed by atoms with Crippen molar-refractivity contribution in [1.29, 1.82) is 0 Å². The first kappa shape index (κ1) is 33.3. The molecule has 0 aliphatic rings. The van der Waals surface area contributed by atoms with Crippen LogP contribution in [0.3, 0.4) is 0 Å². The number of hydrogen-bond donors (Lipinski definition) is 5. The molecule has 0 heterocycles. The van der Waals surface area contributed by atoms with Crippen molar-refractivity contribution in [1.82, 2.24) is 0 Å². The Balaban J connectivity index is 1.49. The Labute approximate surface area is 265 Å². The molecule has 0 radical (unpaired) electrons. The maximum absolute atomic E-state index is 12.3. The molecule has 4 aromatic rings. The molecule has 0 saturated carbocycles. The van der Waals surface area contributed by atoms with E-state index in [1.54, 1.807) is 36.4 Å². The zero-order valence-electron chi connectivity index (χ0n) is 25.9. The number of allylic oxidation sites excluding steroid dienone is 2. The molecule has 0 atom stereocenters. The minimum absolute atomic E-state index is 0.0340. The number of ketones is 1. The van der Waals surface area contributed by atoms with Gasteiger partial charge in [0, 0.05) is 24.8 Å². The molecule has 7 N–H and O–H groups in total. The maximum atomic E-state index is 12.3. The van der Waals surface area contributed by atoms with Gasteiger partial charge >= 0.3 is 0 Å². The zero-order chi connectivity index (χ0) is 32.2. The third-order valence-corrected chi connectivity index (χ3v) is 7.87. The lowest BCUT2D eigenvalue weighted by Gasteiger charge is -2.18. The summed E-state index contributed by atoms with van der Waals surface area (Å²) < 4.78 is 6.05. The number of unbranched alkanes of at least 4 members (excludes halogenated alkanes) is 3. The second kappa shape index (κ2) is 16.5. The van der Waals surface area contributed by atoms with Crippen molar-refractivity contribution in [3.05, 3.63) is 119 Å².